The van der Waals surface area contributed by atoms with Crippen molar-refractivity contribution in [1.29, 1.82) is 0 Å². The summed E-state index contributed by atoms with van der Waals surface area (Å²) in [6, 6.07) is 4.60. The van der Waals surface area contributed by atoms with E-state index in [0.29, 0.717) is 6.04 Å². The second-order valence-corrected chi connectivity index (χ2v) is 7.08. The zero-order valence-corrected chi connectivity index (χ0v) is 12.1. The van der Waals surface area contributed by atoms with Crippen molar-refractivity contribution in [3.05, 3.63) is 21.9 Å². The SMILES string of the molecule is CSC1CCC(NCc2ccc(CC(=O)O)s2)C1. The van der Waals surface area contributed by atoms with Gasteiger partial charge < -0.3 is 10.4 Å². The van der Waals surface area contributed by atoms with Gasteiger partial charge in [-0.2, -0.15) is 11.8 Å². The van der Waals surface area contributed by atoms with Crippen molar-refractivity contribution in [3.8, 4) is 0 Å². The van der Waals surface area contributed by atoms with Crippen molar-refractivity contribution in [2.45, 2.75) is 43.5 Å². The molecular weight excluding hydrogens is 266 g/mol. The smallest absolute Gasteiger partial charge is 0.308 e. The molecule has 1 aliphatic rings. The fraction of sp³-hybridized carbons (Fsp3) is 0.615. The number of rotatable bonds is 6. The maximum Gasteiger partial charge on any atom is 0.308 e. The van der Waals surface area contributed by atoms with Crippen LogP contribution in [0.2, 0.25) is 0 Å². The third-order valence-electron chi connectivity index (χ3n) is 3.33. The zero-order chi connectivity index (χ0) is 13.0. The first-order valence-corrected chi connectivity index (χ1v) is 8.33. The summed E-state index contributed by atoms with van der Waals surface area (Å²) < 4.78 is 0. The summed E-state index contributed by atoms with van der Waals surface area (Å²) in [6.07, 6.45) is 6.16. The fourth-order valence-corrected chi connectivity index (χ4v) is 4.10. The highest BCUT2D eigenvalue weighted by Gasteiger charge is 2.23. The second kappa shape index (κ2) is 6.59. The third-order valence-corrected chi connectivity index (χ3v) is 5.51. The molecule has 0 saturated heterocycles. The quantitative estimate of drug-likeness (QED) is 0.844. The molecule has 2 rings (SSSR count). The molecule has 18 heavy (non-hydrogen) atoms. The van der Waals surface area contributed by atoms with Crippen molar-refractivity contribution < 1.29 is 9.90 Å². The zero-order valence-electron chi connectivity index (χ0n) is 10.5. The molecule has 1 aliphatic carbocycles. The molecule has 1 aromatic rings. The van der Waals surface area contributed by atoms with E-state index in [1.54, 1.807) is 11.3 Å². The van der Waals surface area contributed by atoms with E-state index >= 15 is 0 Å². The van der Waals surface area contributed by atoms with Gasteiger partial charge in [-0.1, -0.05) is 0 Å². The van der Waals surface area contributed by atoms with Crippen LogP contribution in [0.1, 0.15) is 29.0 Å². The predicted octanol–water partition coefficient (Wildman–Crippen LogP) is 2.75. The summed E-state index contributed by atoms with van der Waals surface area (Å²) in [6.45, 7) is 0.871. The summed E-state index contributed by atoms with van der Waals surface area (Å²) in [7, 11) is 0. The monoisotopic (exact) mass is 285 g/mol. The lowest BCUT2D eigenvalue weighted by Crippen LogP contribution is -2.25. The summed E-state index contributed by atoms with van der Waals surface area (Å²) in [4.78, 5) is 12.8. The van der Waals surface area contributed by atoms with Gasteiger partial charge in [-0.05, 0) is 37.7 Å². The van der Waals surface area contributed by atoms with E-state index in [0.717, 1.165) is 16.7 Å². The summed E-state index contributed by atoms with van der Waals surface area (Å²) in [5.74, 6) is -0.755. The average Bonchev–Trinajstić information content (AvgIpc) is 2.94. The molecule has 0 bridgehead atoms. The van der Waals surface area contributed by atoms with Crippen molar-refractivity contribution >= 4 is 29.1 Å². The molecule has 0 radical (unpaired) electrons. The van der Waals surface area contributed by atoms with Crippen molar-refractivity contribution in [1.82, 2.24) is 5.32 Å². The molecule has 1 aromatic heterocycles. The number of aliphatic carboxylic acids is 1. The Hall–Kier alpha value is -0.520. The lowest BCUT2D eigenvalue weighted by molar-refractivity contribution is -0.136. The van der Waals surface area contributed by atoms with Gasteiger partial charge in [-0.3, -0.25) is 4.79 Å². The molecule has 2 unspecified atom stereocenters. The van der Waals surface area contributed by atoms with Crippen LogP contribution in [-0.2, 0) is 17.8 Å². The molecule has 0 amide bonds. The topological polar surface area (TPSA) is 49.3 Å². The second-order valence-electron chi connectivity index (χ2n) is 4.69. The van der Waals surface area contributed by atoms with Gasteiger partial charge in [0, 0.05) is 27.6 Å². The first-order chi connectivity index (χ1) is 8.67. The Balaban J connectivity index is 1.76. The van der Waals surface area contributed by atoms with E-state index in [9.17, 15) is 4.79 Å². The van der Waals surface area contributed by atoms with E-state index in [-0.39, 0.29) is 6.42 Å². The number of thiophene rings is 1. The third kappa shape index (κ3) is 4.00. The molecule has 100 valence electrons. The molecule has 2 N–H and O–H groups in total. The van der Waals surface area contributed by atoms with Crippen molar-refractivity contribution in [3.63, 3.8) is 0 Å². The lowest BCUT2D eigenvalue weighted by Gasteiger charge is -2.11. The highest BCUT2D eigenvalue weighted by molar-refractivity contribution is 7.99. The van der Waals surface area contributed by atoms with Gasteiger partial charge in [0.1, 0.15) is 0 Å². The maximum absolute atomic E-state index is 10.6. The van der Waals surface area contributed by atoms with Crippen LogP contribution in [0, 0.1) is 0 Å². The maximum atomic E-state index is 10.6. The van der Waals surface area contributed by atoms with Crippen LogP contribution in [0.25, 0.3) is 0 Å². The summed E-state index contributed by atoms with van der Waals surface area (Å²) in [5.41, 5.74) is 0. The number of thioether (sulfide) groups is 1. The van der Waals surface area contributed by atoms with Gasteiger partial charge in [0.25, 0.3) is 0 Å². The largest absolute Gasteiger partial charge is 0.481 e. The number of carboxylic acids is 1. The minimum absolute atomic E-state index is 0.142. The van der Waals surface area contributed by atoms with Crippen LogP contribution in [0.3, 0.4) is 0 Å². The molecule has 0 aliphatic heterocycles. The highest BCUT2D eigenvalue weighted by Crippen LogP contribution is 2.28. The Morgan fingerprint density at radius 2 is 2.28 bits per heavy atom. The van der Waals surface area contributed by atoms with Gasteiger partial charge in [0.05, 0.1) is 6.42 Å². The van der Waals surface area contributed by atoms with Crippen LogP contribution in [-0.4, -0.2) is 28.6 Å². The van der Waals surface area contributed by atoms with Gasteiger partial charge in [-0.25, -0.2) is 0 Å². The van der Waals surface area contributed by atoms with E-state index < -0.39 is 5.97 Å². The first kappa shape index (κ1) is 13.9. The molecule has 0 spiro atoms. The van der Waals surface area contributed by atoms with Crippen molar-refractivity contribution in [2.24, 2.45) is 0 Å². The Bertz CT molecular complexity index is 405. The summed E-state index contributed by atoms with van der Waals surface area (Å²) in [5, 5.41) is 13.1. The lowest BCUT2D eigenvalue weighted by atomic mass is 10.2. The van der Waals surface area contributed by atoms with Gasteiger partial charge in [0.2, 0.25) is 0 Å². The average molecular weight is 285 g/mol. The van der Waals surface area contributed by atoms with Crippen LogP contribution >= 0.6 is 23.1 Å². The highest BCUT2D eigenvalue weighted by atomic mass is 32.2. The standard InChI is InChI=1S/C13H19NO2S2/c1-17-10-3-2-9(6-10)14-8-12-5-4-11(18-12)7-13(15)16/h4-5,9-10,14H,2-3,6-8H2,1H3,(H,15,16). The predicted molar refractivity (Wildman–Crippen MR) is 77.4 cm³/mol. The number of hydrogen-bond acceptors (Lipinski definition) is 4. The van der Waals surface area contributed by atoms with Crippen LogP contribution in [0.5, 0.6) is 0 Å². The van der Waals surface area contributed by atoms with Gasteiger partial charge in [0.15, 0.2) is 0 Å². The van der Waals surface area contributed by atoms with Gasteiger partial charge >= 0.3 is 5.97 Å². The molecule has 1 fully saturated rings. The van der Waals surface area contributed by atoms with Crippen LogP contribution in [0.15, 0.2) is 12.1 Å². The van der Waals surface area contributed by atoms with Crippen molar-refractivity contribution in [2.75, 3.05) is 6.26 Å². The Kier molecular flexibility index (Phi) is 5.09. The molecule has 0 aromatic carbocycles. The van der Waals surface area contributed by atoms with E-state index in [1.807, 2.05) is 23.9 Å². The minimum Gasteiger partial charge on any atom is -0.481 e. The number of nitrogens with one attached hydrogen (secondary N) is 1. The van der Waals surface area contributed by atoms with E-state index in [2.05, 4.69) is 11.6 Å². The number of hydrogen-bond donors (Lipinski definition) is 2. The Labute approximate surface area is 116 Å². The van der Waals surface area contributed by atoms with Crippen LogP contribution in [0.4, 0.5) is 0 Å². The molecular formula is C13H19NO2S2. The molecule has 3 nitrogen and oxygen atoms in total. The molecule has 1 heterocycles. The normalized spacial score (nSPS) is 23.4. The van der Waals surface area contributed by atoms with Crippen LogP contribution < -0.4 is 5.32 Å². The first-order valence-electron chi connectivity index (χ1n) is 6.23. The van der Waals surface area contributed by atoms with Gasteiger partial charge in [-0.15, -0.1) is 11.3 Å². The Morgan fingerprint density at radius 1 is 1.50 bits per heavy atom. The fourth-order valence-electron chi connectivity index (χ4n) is 2.35. The molecule has 1 saturated carbocycles. The van der Waals surface area contributed by atoms with E-state index in [4.69, 9.17) is 5.11 Å². The van der Waals surface area contributed by atoms with E-state index in [1.165, 1.54) is 24.1 Å². The minimum atomic E-state index is -0.755. The number of carboxylic acid groups (broad SMARTS) is 1. The Morgan fingerprint density at radius 3 is 2.94 bits per heavy atom. The molecule has 2 atom stereocenters. The summed E-state index contributed by atoms with van der Waals surface area (Å²) >= 11 is 3.57. The molecule has 5 heteroatoms. The number of carbonyl (C=O) groups is 1.